The summed E-state index contributed by atoms with van der Waals surface area (Å²) in [5.41, 5.74) is 11.7. The van der Waals surface area contributed by atoms with E-state index in [1.165, 1.54) is 18.2 Å². The van der Waals surface area contributed by atoms with E-state index in [2.05, 4.69) is 16.0 Å². The topological polar surface area (TPSA) is 120 Å². The van der Waals surface area contributed by atoms with Crippen LogP contribution in [0.3, 0.4) is 0 Å². The molecule has 2 fully saturated rings. The van der Waals surface area contributed by atoms with Crippen LogP contribution >= 0.6 is 0 Å². The lowest BCUT2D eigenvalue weighted by Gasteiger charge is -2.37. The third kappa shape index (κ3) is 5.83. The van der Waals surface area contributed by atoms with Crippen LogP contribution in [0, 0.1) is 5.92 Å². The highest BCUT2D eigenvalue weighted by Gasteiger charge is 2.41. The van der Waals surface area contributed by atoms with Crippen molar-refractivity contribution in [2.24, 2.45) is 18.7 Å². The van der Waals surface area contributed by atoms with Gasteiger partial charge in [0, 0.05) is 54.3 Å². The van der Waals surface area contributed by atoms with Crippen molar-refractivity contribution < 1.29 is 23.1 Å². The van der Waals surface area contributed by atoms with Gasteiger partial charge in [0.2, 0.25) is 0 Å². The number of methoxy groups -OCH3 is 1. The Hall–Kier alpha value is -4.84. The highest BCUT2D eigenvalue weighted by atomic mass is 19.3. The molecule has 10 nitrogen and oxygen atoms in total. The second-order valence-electron chi connectivity index (χ2n) is 14.4. The summed E-state index contributed by atoms with van der Waals surface area (Å²) in [4.78, 5) is 39.5. The summed E-state index contributed by atoms with van der Waals surface area (Å²) in [6.07, 6.45) is 3.28. The second kappa shape index (κ2) is 13.0. The van der Waals surface area contributed by atoms with E-state index in [0.29, 0.717) is 64.9 Å². The van der Waals surface area contributed by atoms with Gasteiger partial charge in [-0.1, -0.05) is 12.5 Å². The fourth-order valence-corrected chi connectivity index (χ4v) is 8.50. The molecule has 2 aromatic carbocycles. The van der Waals surface area contributed by atoms with Crippen molar-refractivity contribution in [2.75, 3.05) is 13.7 Å². The number of nitrogens with zero attached hydrogens (tertiary/aromatic N) is 5. The number of carbonyl (C=O) groups excluding carboxylic acids is 2. The number of carbonyl (C=O) groups is 2. The number of amides is 2. The first kappa shape index (κ1) is 33.3. The van der Waals surface area contributed by atoms with E-state index in [9.17, 15) is 18.4 Å². The number of piperidine rings is 1. The predicted molar refractivity (Wildman–Crippen MR) is 191 cm³/mol. The Labute approximate surface area is 295 Å². The second-order valence-corrected chi connectivity index (χ2v) is 14.4. The molecule has 3 N–H and O–H groups in total. The van der Waals surface area contributed by atoms with Gasteiger partial charge in [-0.05, 0) is 99.4 Å². The maximum atomic E-state index is 13.9. The number of hydrogen-bond acceptors (Lipinski definition) is 6. The number of hydrogen-bond donors (Lipinski definition) is 2. The van der Waals surface area contributed by atoms with E-state index in [1.54, 1.807) is 7.11 Å². The molecule has 2 amide bonds. The number of ether oxygens (including phenoxy) is 1. The van der Waals surface area contributed by atoms with E-state index in [1.807, 2.05) is 47.7 Å². The van der Waals surface area contributed by atoms with Crippen LogP contribution in [0.15, 0.2) is 48.5 Å². The number of halogens is 2. The Balaban J connectivity index is 1.17. The number of nitrogens with one attached hydrogen (secondary N) is 1. The van der Waals surface area contributed by atoms with E-state index < -0.39 is 12.5 Å². The smallest absolute Gasteiger partial charge is 0.263 e. The van der Waals surface area contributed by atoms with Crippen LogP contribution < -0.4 is 15.8 Å². The maximum Gasteiger partial charge on any atom is 0.263 e. The summed E-state index contributed by atoms with van der Waals surface area (Å²) in [6.45, 7) is 3.09. The third-order valence-electron chi connectivity index (χ3n) is 11.3. The first-order valence-electron chi connectivity index (χ1n) is 17.9. The Morgan fingerprint density at radius 1 is 1.06 bits per heavy atom. The van der Waals surface area contributed by atoms with Crippen molar-refractivity contribution in [3.05, 3.63) is 76.5 Å². The molecule has 1 aliphatic carbocycles. The van der Waals surface area contributed by atoms with E-state index >= 15 is 0 Å². The normalized spacial score (nSPS) is 22.4. The van der Waals surface area contributed by atoms with Crippen LogP contribution in [-0.4, -0.2) is 61.6 Å². The molecule has 5 heterocycles. The maximum absolute atomic E-state index is 13.9. The van der Waals surface area contributed by atoms with Crippen molar-refractivity contribution >= 4 is 33.9 Å². The van der Waals surface area contributed by atoms with Crippen LogP contribution in [0.2, 0.25) is 0 Å². The number of aromatic nitrogens is 4. The zero-order valence-electron chi connectivity index (χ0n) is 29.2. The summed E-state index contributed by atoms with van der Waals surface area (Å²) < 4.78 is 37.2. The Bertz CT molecular complexity index is 2180. The van der Waals surface area contributed by atoms with Gasteiger partial charge < -0.3 is 29.8 Å². The first-order valence-corrected chi connectivity index (χ1v) is 17.9. The molecular formula is C39H43F2N7O3. The van der Waals surface area contributed by atoms with Crippen molar-refractivity contribution in [1.82, 2.24) is 29.3 Å². The zero-order chi connectivity index (χ0) is 35.6. The Kier molecular flexibility index (Phi) is 8.52. The molecule has 8 rings (SSSR count). The fraction of sp³-hybridized carbons (Fsp3) is 0.436. The van der Waals surface area contributed by atoms with E-state index in [-0.39, 0.29) is 29.5 Å². The molecule has 51 heavy (non-hydrogen) atoms. The van der Waals surface area contributed by atoms with Crippen LogP contribution in [0.5, 0.6) is 5.75 Å². The van der Waals surface area contributed by atoms with Gasteiger partial charge in [0.15, 0.2) is 5.82 Å². The number of aryl methyl sites for hydroxylation is 3. The lowest BCUT2D eigenvalue weighted by atomic mass is 9.94. The molecular weight excluding hydrogens is 652 g/mol. The predicted octanol–water partition coefficient (Wildman–Crippen LogP) is 6.71. The molecule has 0 radical (unpaired) electrons. The molecule has 4 atom stereocenters. The molecule has 0 spiro atoms. The highest BCUT2D eigenvalue weighted by molar-refractivity contribution is 6.00. The SMILES string of the molecule is COc1cc(C(=O)N2C[C@H](N)[C@@H]3CC[C@H]2C3)cc2nc(-c3cc4ccc5nc4n3CCCCCc3cc(C(F)F)ccc3C(=O)N[C@@H]5C)n(C)c12. The molecule has 3 aromatic heterocycles. The van der Waals surface area contributed by atoms with Gasteiger partial charge in [-0.2, -0.15) is 0 Å². The Morgan fingerprint density at radius 3 is 2.71 bits per heavy atom. The molecule has 1 saturated heterocycles. The van der Waals surface area contributed by atoms with E-state index in [0.717, 1.165) is 60.8 Å². The van der Waals surface area contributed by atoms with Gasteiger partial charge in [-0.15, -0.1) is 0 Å². The third-order valence-corrected chi connectivity index (χ3v) is 11.3. The number of imidazole rings is 1. The lowest BCUT2D eigenvalue weighted by Crippen LogP contribution is -2.51. The minimum absolute atomic E-state index is 0.00734. The van der Waals surface area contributed by atoms with Gasteiger partial charge >= 0.3 is 0 Å². The molecule has 12 heteroatoms. The standard InChI is InChI=1S/C39H43F2N7O3/c1-21-30-13-10-25-18-32(47(36(25)44-30)14-6-4-5-7-22-15-24(35(40)41)9-12-28(22)38(49)43-21)37-45-31-17-26(19-33(51-3)34(31)46(37)2)39(50)48-20-29(42)23-8-11-27(48)16-23/h9-10,12-13,15,17-19,21,23,27,29,35H,4-8,11,14,16,20,42H2,1-3H3,(H,43,49)/t21-,23-,27+,29+/m1/s1. The number of nitrogens with two attached hydrogens (primary N) is 1. The largest absolute Gasteiger partial charge is 0.494 e. The molecule has 1 saturated carbocycles. The zero-order valence-corrected chi connectivity index (χ0v) is 29.2. The molecule has 4 bridgehead atoms. The summed E-state index contributed by atoms with van der Waals surface area (Å²) in [5, 5.41) is 3.98. The van der Waals surface area contributed by atoms with Gasteiger partial charge in [-0.3, -0.25) is 9.59 Å². The average molecular weight is 696 g/mol. The fourth-order valence-electron chi connectivity index (χ4n) is 8.50. The average Bonchev–Trinajstić information content (AvgIpc) is 3.82. The number of benzene rings is 2. The van der Waals surface area contributed by atoms with Crippen molar-refractivity contribution in [3.63, 3.8) is 0 Å². The van der Waals surface area contributed by atoms with Crippen LogP contribution in [0.25, 0.3) is 33.6 Å². The van der Waals surface area contributed by atoms with Crippen LogP contribution in [0.1, 0.15) is 95.5 Å². The molecule has 3 aliphatic rings. The number of fused-ring (bicyclic) bond motifs is 5. The monoisotopic (exact) mass is 695 g/mol. The minimum atomic E-state index is -2.61. The van der Waals surface area contributed by atoms with Crippen LogP contribution in [0.4, 0.5) is 8.78 Å². The molecule has 2 aliphatic heterocycles. The molecule has 0 unspecified atom stereocenters. The number of alkyl halides is 2. The van der Waals surface area contributed by atoms with Crippen molar-refractivity contribution in [1.29, 1.82) is 0 Å². The van der Waals surface area contributed by atoms with Gasteiger partial charge in [0.25, 0.3) is 18.2 Å². The van der Waals surface area contributed by atoms with Crippen molar-refractivity contribution in [3.8, 4) is 17.3 Å². The summed E-state index contributed by atoms with van der Waals surface area (Å²) >= 11 is 0. The molecule has 266 valence electrons. The quantitative estimate of drug-likeness (QED) is 0.216. The summed E-state index contributed by atoms with van der Waals surface area (Å²) in [5.74, 6) is 1.41. The molecule has 5 aromatic rings. The lowest BCUT2D eigenvalue weighted by molar-refractivity contribution is 0.0603. The van der Waals surface area contributed by atoms with Gasteiger partial charge in [-0.25, -0.2) is 18.7 Å². The highest BCUT2D eigenvalue weighted by Crippen LogP contribution is 2.39. The summed E-state index contributed by atoms with van der Waals surface area (Å²) in [6, 6.07) is 13.8. The summed E-state index contributed by atoms with van der Waals surface area (Å²) in [7, 11) is 3.56. The first-order chi connectivity index (χ1) is 24.6. The number of pyridine rings is 1. The van der Waals surface area contributed by atoms with Crippen molar-refractivity contribution in [2.45, 2.75) is 83.0 Å². The number of likely N-dealkylation sites (tertiary alicyclic amines) is 1. The van der Waals surface area contributed by atoms with Gasteiger partial charge in [0.05, 0.1) is 30.1 Å². The van der Waals surface area contributed by atoms with Crippen LogP contribution in [-0.2, 0) is 20.0 Å². The van der Waals surface area contributed by atoms with Gasteiger partial charge in [0.1, 0.15) is 16.9 Å². The Morgan fingerprint density at radius 2 is 1.90 bits per heavy atom. The number of rotatable bonds is 4. The van der Waals surface area contributed by atoms with E-state index in [4.69, 9.17) is 20.4 Å². The minimum Gasteiger partial charge on any atom is -0.494 e.